The Morgan fingerprint density at radius 1 is 0.970 bits per heavy atom. The Morgan fingerprint density at radius 2 is 1.67 bits per heavy atom. The standard InChI is InChI=1S/C25H27N5O3/c1-17(2)16-30-23(31)21-22(27(3)25(30)32)26-24-28(14-7-15-29(21)24)18-10-12-20(13-11-18)33-19-8-5-4-6-9-19/h4-6,8-13,17H,7,14-16H2,1-3H3. The molecule has 0 saturated heterocycles. The van der Waals surface area contributed by atoms with E-state index in [4.69, 9.17) is 9.72 Å². The van der Waals surface area contributed by atoms with Crippen molar-refractivity contribution < 1.29 is 4.74 Å². The number of hydrogen-bond donors (Lipinski definition) is 0. The Kier molecular flexibility index (Phi) is 5.28. The van der Waals surface area contributed by atoms with Crippen LogP contribution in [0.4, 0.5) is 11.6 Å². The monoisotopic (exact) mass is 445 g/mol. The van der Waals surface area contributed by atoms with Gasteiger partial charge in [-0.15, -0.1) is 0 Å². The topological polar surface area (TPSA) is 74.3 Å². The number of rotatable bonds is 5. The van der Waals surface area contributed by atoms with Crippen molar-refractivity contribution in [3.05, 3.63) is 75.4 Å². The van der Waals surface area contributed by atoms with Gasteiger partial charge in [0.25, 0.3) is 5.56 Å². The van der Waals surface area contributed by atoms with Gasteiger partial charge in [0.05, 0.1) is 0 Å². The van der Waals surface area contributed by atoms with Crippen LogP contribution in [-0.2, 0) is 20.1 Å². The van der Waals surface area contributed by atoms with Crippen LogP contribution in [-0.4, -0.2) is 25.2 Å². The third kappa shape index (κ3) is 3.71. The molecule has 33 heavy (non-hydrogen) atoms. The van der Waals surface area contributed by atoms with Crippen molar-refractivity contribution in [3.63, 3.8) is 0 Å². The van der Waals surface area contributed by atoms with E-state index >= 15 is 0 Å². The van der Waals surface area contributed by atoms with Gasteiger partial charge in [-0.2, -0.15) is 4.98 Å². The molecule has 8 heteroatoms. The molecule has 4 aromatic rings. The van der Waals surface area contributed by atoms with E-state index < -0.39 is 0 Å². The van der Waals surface area contributed by atoms with Crippen LogP contribution in [0.1, 0.15) is 20.3 Å². The van der Waals surface area contributed by atoms with Crippen molar-refractivity contribution in [2.24, 2.45) is 13.0 Å². The van der Waals surface area contributed by atoms with Crippen molar-refractivity contribution in [2.75, 3.05) is 11.4 Å². The van der Waals surface area contributed by atoms with Crippen LogP contribution in [0.5, 0.6) is 11.5 Å². The maximum absolute atomic E-state index is 13.3. The fourth-order valence-corrected chi connectivity index (χ4v) is 4.35. The largest absolute Gasteiger partial charge is 0.457 e. The Balaban J connectivity index is 1.55. The molecule has 170 valence electrons. The summed E-state index contributed by atoms with van der Waals surface area (Å²) in [5.41, 5.74) is 1.27. The molecule has 0 unspecified atom stereocenters. The first-order valence-corrected chi connectivity index (χ1v) is 11.2. The maximum atomic E-state index is 13.3. The molecule has 0 aliphatic carbocycles. The first-order valence-electron chi connectivity index (χ1n) is 11.2. The fourth-order valence-electron chi connectivity index (χ4n) is 4.35. The molecule has 0 saturated carbocycles. The molecular formula is C25H27N5O3. The fraction of sp³-hybridized carbons (Fsp3) is 0.320. The lowest BCUT2D eigenvalue weighted by Gasteiger charge is -2.29. The van der Waals surface area contributed by atoms with Crippen LogP contribution in [0.3, 0.4) is 0 Å². The van der Waals surface area contributed by atoms with Gasteiger partial charge in [0.2, 0.25) is 5.95 Å². The highest BCUT2D eigenvalue weighted by Crippen LogP contribution is 2.32. The molecular weight excluding hydrogens is 418 g/mol. The predicted octanol–water partition coefficient (Wildman–Crippen LogP) is 3.89. The van der Waals surface area contributed by atoms with Crippen LogP contribution in [0.2, 0.25) is 0 Å². The molecule has 1 aliphatic rings. The average molecular weight is 446 g/mol. The summed E-state index contributed by atoms with van der Waals surface area (Å²) in [4.78, 5) is 33.0. The molecule has 0 fully saturated rings. The summed E-state index contributed by atoms with van der Waals surface area (Å²) in [5.74, 6) is 2.39. The van der Waals surface area contributed by atoms with Crippen molar-refractivity contribution in [1.82, 2.24) is 18.7 Å². The normalized spacial score (nSPS) is 13.5. The highest BCUT2D eigenvalue weighted by atomic mass is 16.5. The van der Waals surface area contributed by atoms with Crippen LogP contribution < -0.4 is 20.9 Å². The molecule has 2 aromatic heterocycles. The third-order valence-corrected chi connectivity index (χ3v) is 5.89. The van der Waals surface area contributed by atoms with Gasteiger partial charge >= 0.3 is 5.69 Å². The van der Waals surface area contributed by atoms with E-state index in [1.807, 2.05) is 73.0 Å². The number of fused-ring (bicyclic) bond motifs is 3. The summed E-state index contributed by atoms with van der Waals surface area (Å²) in [5, 5.41) is 0. The number of para-hydroxylation sites is 1. The first-order chi connectivity index (χ1) is 15.9. The van der Waals surface area contributed by atoms with Crippen molar-refractivity contribution in [2.45, 2.75) is 33.4 Å². The number of imidazole rings is 1. The summed E-state index contributed by atoms with van der Waals surface area (Å²) in [6, 6.07) is 17.5. The van der Waals surface area contributed by atoms with Crippen LogP contribution in [0.15, 0.2) is 64.2 Å². The molecule has 3 heterocycles. The summed E-state index contributed by atoms with van der Waals surface area (Å²) < 4.78 is 10.7. The summed E-state index contributed by atoms with van der Waals surface area (Å²) in [6.45, 7) is 5.83. The molecule has 0 amide bonds. The van der Waals surface area contributed by atoms with Crippen LogP contribution >= 0.6 is 0 Å². The zero-order valence-electron chi connectivity index (χ0n) is 19.1. The molecule has 0 bridgehead atoms. The third-order valence-electron chi connectivity index (χ3n) is 5.89. The van der Waals surface area contributed by atoms with E-state index in [1.165, 1.54) is 9.13 Å². The van der Waals surface area contributed by atoms with E-state index in [0.717, 1.165) is 30.2 Å². The van der Waals surface area contributed by atoms with Crippen LogP contribution in [0.25, 0.3) is 11.2 Å². The summed E-state index contributed by atoms with van der Waals surface area (Å²) >= 11 is 0. The first kappa shape index (κ1) is 21.1. The van der Waals surface area contributed by atoms with Gasteiger partial charge in [-0.05, 0) is 48.7 Å². The Hall–Kier alpha value is -3.81. The second-order valence-corrected chi connectivity index (χ2v) is 8.80. The second kappa shape index (κ2) is 8.27. The van der Waals surface area contributed by atoms with Gasteiger partial charge in [0.15, 0.2) is 11.2 Å². The molecule has 5 rings (SSSR count). The van der Waals surface area contributed by atoms with Crippen molar-refractivity contribution in [3.8, 4) is 11.5 Å². The average Bonchev–Trinajstić information content (AvgIpc) is 3.22. The van der Waals surface area contributed by atoms with Gasteiger partial charge < -0.3 is 14.2 Å². The number of benzene rings is 2. The zero-order chi connectivity index (χ0) is 23.1. The number of aromatic nitrogens is 4. The number of ether oxygens (including phenoxy) is 1. The summed E-state index contributed by atoms with van der Waals surface area (Å²) in [7, 11) is 1.68. The number of anilines is 2. The minimum Gasteiger partial charge on any atom is -0.457 e. The zero-order valence-corrected chi connectivity index (χ0v) is 19.1. The highest BCUT2D eigenvalue weighted by Gasteiger charge is 2.27. The lowest BCUT2D eigenvalue weighted by atomic mass is 10.2. The Bertz CT molecular complexity index is 1420. The highest BCUT2D eigenvalue weighted by molar-refractivity contribution is 5.77. The molecule has 0 atom stereocenters. The van der Waals surface area contributed by atoms with Gasteiger partial charge in [0, 0.05) is 32.4 Å². The van der Waals surface area contributed by atoms with E-state index in [1.54, 1.807) is 7.05 Å². The summed E-state index contributed by atoms with van der Waals surface area (Å²) in [6.07, 6.45) is 0.868. The minimum absolute atomic E-state index is 0.185. The molecule has 8 nitrogen and oxygen atoms in total. The van der Waals surface area contributed by atoms with Crippen molar-refractivity contribution in [1.29, 1.82) is 0 Å². The molecule has 0 N–H and O–H groups in total. The van der Waals surface area contributed by atoms with Gasteiger partial charge in [-0.3, -0.25) is 13.9 Å². The predicted molar refractivity (Wildman–Crippen MR) is 129 cm³/mol. The SMILES string of the molecule is CC(C)Cn1c(=O)c2c(nc3n2CCCN3c2ccc(Oc3ccccc3)cc2)n(C)c1=O. The van der Waals surface area contributed by atoms with Crippen LogP contribution in [0, 0.1) is 5.92 Å². The van der Waals surface area contributed by atoms with E-state index in [0.29, 0.717) is 30.2 Å². The van der Waals surface area contributed by atoms with Crippen molar-refractivity contribution >= 4 is 22.8 Å². The molecule has 2 aromatic carbocycles. The minimum atomic E-state index is -0.328. The van der Waals surface area contributed by atoms with E-state index in [-0.39, 0.29) is 17.2 Å². The van der Waals surface area contributed by atoms with Gasteiger partial charge in [0.1, 0.15) is 11.5 Å². The second-order valence-electron chi connectivity index (χ2n) is 8.80. The Morgan fingerprint density at radius 3 is 2.36 bits per heavy atom. The quantitative estimate of drug-likeness (QED) is 0.466. The number of aryl methyl sites for hydroxylation is 2. The molecule has 0 radical (unpaired) electrons. The Labute approximate surface area is 191 Å². The number of nitrogens with zero attached hydrogens (tertiary/aromatic N) is 5. The smallest absolute Gasteiger partial charge is 0.332 e. The van der Waals surface area contributed by atoms with E-state index in [9.17, 15) is 9.59 Å². The molecule has 1 aliphatic heterocycles. The van der Waals surface area contributed by atoms with Gasteiger partial charge in [-0.25, -0.2) is 4.79 Å². The van der Waals surface area contributed by atoms with E-state index in [2.05, 4.69) is 4.90 Å². The van der Waals surface area contributed by atoms with Gasteiger partial charge in [-0.1, -0.05) is 32.0 Å². The lowest BCUT2D eigenvalue weighted by Crippen LogP contribution is -2.40. The lowest BCUT2D eigenvalue weighted by molar-refractivity contribution is 0.482. The number of hydrogen-bond acceptors (Lipinski definition) is 5. The maximum Gasteiger partial charge on any atom is 0.332 e. The molecule has 0 spiro atoms.